The molecule has 0 aliphatic carbocycles. The number of sulfonamides is 1. The van der Waals surface area contributed by atoms with Crippen LogP contribution in [0.25, 0.3) is 0 Å². The molecule has 0 aromatic heterocycles. The van der Waals surface area contributed by atoms with Crippen molar-refractivity contribution in [1.29, 1.82) is 5.41 Å². The van der Waals surface area contributed by atoms with E-state index >= 15 is 0 Å². The van der Waals surface area contributed by atoms with Crippen molar-refractivity contribution < 1.29 is 8.42 Å². The second-order valence-corrected chi connectivity index (χ2v) is 6.35. The first kappa shape index (κ1) is 15.4. The van der Waals surface area contributed by atoms with Crippen LogP contribution < -0.4 is 5.73 Å². The van der Waals surface area contributed by atoms with Gasteiger partial charge in [-0.25, -0.2) is 12.7 Å². The Hall–Kier alpha value is -0.620. The van der Waals surface area contributed by atoms with Gasteiger partial charge in [0, 0.05) is 19.5 Å². The lowest BCUT2D eigenvalue weighted by Crippen LogP contribution is -2.35. The molecule has 3 N–H and O–H groups in total. The molecule has 6 heteroatoms. The average molecular weight is 249 g/mol. The number of hydrogen-bond donors (Lipinski definition) is 2. The van der Waals surface area contributed by atoms with Gasteiger partial charge in [0.05, 0.1) is 11.6 Å². The summed E-state index contributed by atoms with van der Waals surface area (Å²) in [7, 11) is -3.18. The second kappa shape index (κ2) is 6.85. The van der Waals surface area contributed by atoms with Crippen LogP contribution in [0.15, 0.2) is 0 Å². The van der Waals surface area contributed by atoms with Crippen molar-refractivity contribution in [3.63, 3.8) is 0 Å². The molecule has 0 saturated heterocycles. The molecule has 0 rings (SSSR count). The van der Waals surface area contributed by atoms with Crippen LogP contribution in [0.3, 0.4) is 0 Å². The molecular weight excluding hydrogens is 226 g/mol. The fraction of sp³-hybridized carbons (Fsp3) is 0.900. The topological polar surface area (TPSA) is 87.2 Å². The van der Waals surface area contributed by atoms with Gasteiger partial charge in [0.2, 0.25) is 10.0 Å². The van der Waals surface area contributed by atoms with Crippen LogP contribution in [0, 0.1) is 11.3 Å². The number of nitrogens with two attached hydrogens (primary N) is 1. The molecule has 0 aromatic carbocycles. The largest absolute Gasteiger partial charge is 0.388 e. The number of hydrogen-bond acceptors (Lipinski definition) is 3. The fourth-order valence-corrected chi connectivity index (χ4v) is 3.04. The zero-order chi connectivity index (χ0) is 12.8. The third-order valence-corrected chi connectivity index (χ3v) is 4.31. The van der Waals surface area contributed by atoms with Gasteiger partial charge in [-0.1, -0.05) is 20.8 Å². The van der Waals surface area contributed by atoms with Crippen molar-refractivity contribution in [3.8, 4) is 0 Å². The molecule has 0 saturated carbocycles. The quantitative estimate of drug-likeness (QED) is 0.497. The van der Waals surface area contributed by atoms with E-state index in [-0.39, 0.29) is 11.6 Å². The maximum Gasteiger partial charge on any atom is 0.214 e. The van der Waals surface area contributed by atoms with Crippen LogP contribution in [0.5, 0.6) is 0 Å². The highest BCUT2D eigenvalue weighted by molar-refractivity contribution is 7.89. The van der Waals surface area contributed by atoms with Gasteiger partial charge in [0.25, 0.3) is 0 Å². The highest BCUT2D eigenvalue weighted by atomic mass is 32.2. The molecule has 0 aromatic rings. The lowest BCUT2D eigenvalue weighted by Gasteiger charge is -2.20. The summed E-state index contributed by atoms with van der Waals surface area (Å²) in [6, 6.07) is 0. The van der Waals surface area contributed by atoms with Crippen LogP contribution in [-0.2, 0) is 10.0 Å². The van der Waals surface area contributed by atoms with Gasteiger partial charge in [-0.3, -0.25) is 5.41 Å². The Balaban J connectivity index is 4.37. The van der Waals surface area contributed by atoms with Gasteiger partial charge in [-0.2, -0.15) is 0 Å². The molecule has 0 amide bonds. The van der Waals surface area contributed by atoms with E-state index < -0.39 is 10.0 Å². The summed E-state index contributed by atoms with van der Waals surface area (Å²) >= 11 is 0. The van der Waals surface area contributed by atoms with Gasteiger partial charge in [-0.15, -0.1) is 0 Å². The minimum absolute atomic E-state index is 0.0255. The Morgan fingerprint density at radius 3 is 2.38 bits per heavy atom. The highest BCUT2D eigenvalue weighted by Crippen LogP contribution is 2.08. The zero-order valence-corrected chi connectivity index (χ0v) is 11.2. The predicted octanol–water partition coefficient (Wildman–Crippen LogP) is 1.01. The fourth-order valence-electron chi connectivity index (χ4n) is 1.25. The molecule has 0 spiro atoms. The molecule has 0 radical (unpaired) electrons. The van der Waals surface area contributed by atoms with Crippen LogP contribution in [0.1, 0.15) is 33.6 Å². The molecule has 0 atom stereocenters. The normalized spacial score (nSPS) is 12.3. The molecule has 96 valence electrons. The van der Waals surface area contributed by atoms with Gasteiger partial charge in [0.1, 0.15) is 0 Å². The van der Waals surface area contributed by atoms with Crippen LogP contribution in [0.2, 0.25) is 0 Å². The lowest BCUT2D eigenvalue weighted by atomic mass is 10.2. The first-order valence-electron chi connectivity index (χ1n) is 5.60. The first-order chi connectivity index (χ1) is 7.29. The second-order valence-electron chi connectivity index (χ2n) is 4.27. The average Bonchev–Trinajstić information content (AvgIpc) is 2.15. The SMILES string of the molecule is CCN(CCC(=N)N)S(=O)(=O)CCC(C)C. The van der Waals surface area contributed by atoms with Gasteiger partial charge < -0.3 is 5.73 Å². The Bertz CT molecular complexity index is 312. The molecule has 0 aliphatic heterocycles. The zero-order valence-electron chi connectivity index (χ0n) is 10.4. The minimum Gasteiger partial charge on any atom is -0.388 e. The van der Waals surface area contributed by atoms with Crippen molar-refractivity contribution in [2.45, 2.75) is 33.6 Å². The molecule has 0 heterocycles. The van der Waals surface area contributed by atoms with E-state index in [4.69, 9.17) is 11.1 Å². The van der Waals surface area contributed by atoms with E-state index in [9.17, 15) is 8.42 Å². The molecular formula is C10H23N3O2S. The summed E-state index contributed by atoms with van der Waals surface area (Å²) in [5.74, 6) is 0.579. The van der Waals surface area contributed by atoms with E-state index in [0.717, 1.165) is 0 Å². The number of nitrogens with one attached hydrogen (secondary N) is 1. The Kier molecular flexibility index (Phi) is 6.59. The smallest absolute Gasteiger partial charge is 0.214 e. The molecule has 5 nitrogen and oxygen atoms in total. The van der Waals surface area contributed by atoms with Crippen molar-refractivity contribution >= 4 is 15.9 Å². The predicted molar refractivity (Wildman–Crippen MR) is 67.0 cm³/mol. The van der Waals surface area contributed by atoms with Crippen molar-refractivity contribution in [2.75, 3.05) is 18.8 Å². The third-order valence-electron chi connectivity index (χ3n) is 2.33. The van der Waals surface area contributed by atoms with Crippen LogP contribution in [0.4, 0.5) is 0 Å². The van der Waals surface area contributed by atoms with Crippen molar-refractivity contribution in [2.24, 2.45) is 11.7 Å². The highest BCUT2D eigenvalue weighted by Gasteiger charge is 2.20. The summed E-state index contributed by atoms with van der Waals surface area (Å²) in [5, 5.41) is 7.09. The Morgan fingerprint density at radius 2 is 2.00 bits per heavy atom. The Morgan fingerprint density at radius 1 is 1.44 bits per heavy atom. The van der Waals surface area contributed by atoms with Gasteiger partial charge >= 0.3 is 0 Å². The van der Waals surface area contributed by atoms with E-state index in [1.54, 1.807) is 6.92 Å². The summed E-state index contributed by atoms with van der Waals surface area (Å²) in [4.78, 5) is 0. The van der Waals surface area contributed by atoms with Crippen molar-refractivity contribution in [3.05, 3.63) is 0 Å². The molecule has 0 aliphatic rings. The number of rotatable bonds is 8. The molecule has 0 unspecified atom stereocenters. The standard InChI is InChI=1S/C10H23N3O2S/c1-4-13(7-5-10(11)12)16(14,15)8-6-9(2)3/h9H,4-8H2,1-3H3,(H3,11,12). The maximum atomic E-state index is 11.9. The minimum atomic E-state index is -3.18. The first-order valence-corrected chi connectivity index (χ1v) is 7.21. The van der Waals surface area contributed by atoms with E-state index in [2.05, 4.69) is 0 Å². The summed E-state index contributed by atoms with van der Waals surface area (Å²) in [6.45, 7) is 6.55. The summed E-state index contributed by atoms with van der Waals surface area (Å²) in [5.41, 5.74) is 5.22. The van der Waals surface area contributed by atoms with E-state index in [0.29, 0.717) is 31.8 Å². The number of nitrogens with zero attached hydrogens (tertiary/aromatic N) is 1. The van der Waals surface area contributed by atoms with E-state index in [1.807, 2.05) is 13.8 Å². The third kappa shape index (κ3) is 6.07. The molecule has 0 fully saturated rings. The lowest BCUT2D eigenvalue weighted by molar-refractivity contribution is 0.432. The maximum absolute atomic E-state index is 11.9. The summed E-state index contributed by atoms with van der Waals surface area (Å²) in [6.07, 6.45) is 0.966. The molecule has 0 bridgehead atoms. The van der Waals surface area contributed by atoms with E-state index in [1.165, 1.54) is 4.31 Å². The Labute approximate surface area is 98.6 Å². The van der Waals surface area contributed by atoms with Gasteiger partial charge in [0.15, 0.2) is 0 Å². The molecule has 16 heavy (non-hydrogen) atoms. The van der Waals surface area contributed by atoms with Crippen molar-refractivity contribution in [1.82, 2.24) is 4.31 Å². The van der Waals surface area contributed by atoms with Gasteiger partial charge in [-0.05, 0) is 12.3 Å². The monoisotopic (exact) mass is 249 g/mol. The number of amidine groups is 1. The van der Waals surface area contributed by atoms with Crippen LogP contribution >= 0.6 is 0 Å². The summed E-state index contributed by atoms with van der Waals surface area (Å²) < 4.78 is 25.2. The van der Waals surface area contributed by atoms with Crippen LogP contribution in [-0.4, -0.2) is 37.4 Å².